The van der Waals surface area contributed by atoms with E-state index in [1.165, 1.54) is 15.8 Å². The normalized spacial score (nSPS) is 21.7. The van der Waals surface area contributed by atoms with Gasteiger partial charge in [0.15, 0.2) is 5.13 Å². The van der Waals surface area contributed by atoms with Crippen molar-refractivity contribution in [3.63, 3.8) is 0 Å². The third-order valence-electron chi connectivity index (χ3n) is 4.95. The summed E-state index contributed by atoms with van der Waals surface area (Å²) in [5.74, 6) is 0.381. The number of ether oxygens (including phenoxy) is 1. The molecular weight excluding hydrogens is 322 g/mol. The molecule has 0 radical (unpaired) electrons. The second-order valence-electron chi connectivity index (χ2n) is 6.79. The van der Waals surface area contributed by atoms with Gasteiger partial charge in [-0.3, -0.25) is 4.79 Å². The average Bonchev–Trinajstić information content (AvgIpc) is 3.21. The maximum absolute atomic E-state index is 12.7. The number of hydrogen-bond acceptors (Lipinski definition) is 5. The first-order valence-corrected chi connectivity index (χ1v) is 9.43. The maximum atomic E-state index is 12.7. The maximum Gasteiger partial charge on any atom is 0.227 e. The van der Waals surface area contributed by atoms with Crippen molar-refractivity contribution in [3.05, 3.63) is 23.3 Å². The smallest absolute Gasteiger partial charge is 0.227 e. The lowest BCUT2D eigenvalue weighted by molar-refractivity contribution is -0.138. The van der Waals surface area contributed by atoms with Crippen LogP contribution in [0.4, 0.5) is 5.13 Å². The Morgan fingerprint density at radius 3 is 2.83 bits per heavy atom. The van der Waals surface area contributed by atoms with Gasteiger partial charge >= 0.3 is 0 Å². The number of thiazole rings is 1. The SMILES string of the molecule is Cc1cc(C)c2nc(N3CCC(C(=O)N4CCOCC4)C3)sc2c1. The van der Waals surface area contributed by atoms with E-state index in [1.807, 2.05) is 4.90 Å². The fourth-order valence-corrected chi connectivity index (χ4v) is 4.85. The molecule has 1 amide bonds. The molecule has 2 aliphatic rings. The van der Waals surface area contributed by atoms with Gasteiger partial charge in [0.2, 0.25) is 5.91 Å². The first-order valence-electron chi connectivity index (χ1n) is 8.61. The topological polar surface area (TPSA) is 45.7 Å². The van der Waals surface area contributed by atoms with E-state index in [4.69, 9.17) is 9.72 Å². The molecule has 0 N–H and O–H groups in total. The Hall–Kier alpha value is -1.66. The third kappa shape index (κ3) is 2.89. The number of carbonyl (C=O) groups excluding carboxylic acids is 1. The highest BCUT2D eigenvalue weighted by molar-refractivity contribution is 7.22. The summed E-state index contributed by atoms with van der Waals surface area (Å²) in [5, 5.41) is 1.05. The molecule has 0 bridgehead atoms. The molecule has 0 saturated carbocycles. The van der Waals surface area contributed by atoms with E-state index < -0.39 is 0 Å². The molecule has 1 aromatic carbocycles. The molecule has 2 fully saturated rings. The molecule has 1 atom stereocenters. The highest BCUT2D eigenvalue weighted by Crippen LogP contribution is 2.34. The fourth-order valence-electron chi connectivity index (χ4n) is 3.67. The number of nitrogens with zero attached hydrogens (tertiary/aromatic N) is 3. The van der Waals surface area contributed by atoms with Crippen LogP contribution < -0.4 is 4.90 Å². The molecule has 5 nitrogen and oxygen atoms in total. The van der Waals surface area contributed by atoms with Gasteiger partial charge in [0.05, 0.1) is 29.3 Å². The Bertz CT molecular complexity index is 767. The number of fused-ring (bicyclic) bond motifs is 1. The predicted molar refractivity (Wildman–Crippen MR) is 96.8 cm³/mol. The summed E-state index contributed by atoms with van der Waals surface area (Å²) < 4.78 is 6.59. The molecule has 1 aromatic heterocycles. The van der Waals surface area contributed by atoms with Crippen LogP contribution in [-0.4, -0.2) is 55.2 Å². The zero-order valence-electron chi connectivity index (χ0n) is 14.2. The second kappa shape index (κ2) is 6.33. The molecule has 24 heavy (non-hydrogen) atoms. The summed E-state index contributed by atoms with van der Waals surface area (Å²) in [6.45, 7) is 8.74. The van der Waals surface area contributed by atoms with Crippen molar-refractivity contribution in [1.82, 2.24) is 9.88 Å². The average molecular weight is 345 g/mol. The number of anilines is 1. The van der Waals surface area contributed by atoms with E-state index in [-0.39, 0.29) is 11.8 Å². The minimum absolute atomic E-state index is 0.0953. The second-order valence-corrected chi connectivity index (χ2v) is 7.80. The molecule has 2 aromatic rings. The van der Waals surface area contributed by atoms with Crippen LogP contribution in [0.3, 0.4) is 0 Å². The summed E-state index contributed by atoms with van der Waals surface area (Å²) in [5.41, 5.74) is 3.60. The Labute approximate surface area is 146 Å². The van der Waals surface area contributed by atoms with Crippen molar-refractivity contribution in [1.29, 1.82) is 0 Å². The van der Waals surface area contributed by atoms with E-state index in [1.54, 1.807) is 11.3 Å². The monoisotopic (exact) mass is 345 g/mol. The predicted octanol–water partition coefficient (Wildman–Crippen LogP) is 2.60. The highest BCUT2D eigenvalue weighted by Gasteiger charge is 2.33. The molecule has 128 valence electrons. The molecule has 2 aliphatic heterocycles. The van der Waals surface area contributed by atoms with Crippen LogP contribution in [0.15, 0.2) is 12.1 Å². The summed E-state index contributed by atoms with van der Waals surface area (Å²) in [7, 11) is 0. The van der Waals surface area contributed by atoms with Gasteiger partial charge in [-0.15, -0.1) is 0 Å². The van der Waals surface area contributed by atoms with Crippen LogP contribution in [0.2, 0.25) is 0 Å². The molecule has 2 saturated heterocycles. The lowest BCUT2D eigenvalue weighted by atomic mass is 10.1. The number of carbonyl (C=O) groups is 1. The number of morpholine rings is 1. The van der Waals surface area contributed by atoms with Crippen LogP contribution >= 0.6 is 11.3 Å². The van der Waals surface area contributed by atoms with Gasteiger partial charge in [0.25, 0.3) is 0 Å². The standard InChI is InChI=1S/C18H23N3O2S/c1-12-9-13(2)16-15(10-12)24-18(19-16)21-4-3-14(11-21)17(22)20-5-7-23-8-6-20/h9-10,14H,3-8,11H2,1-2H3. The largest absolute Gasteiger partial charge is 0.378 e. The third-order valence-corrected chi connectivity index (χ3v) is 6.01. The van der Waals surface area contributed by atoms with Crippen LogP contribution in [-0.2, 0) is 9.53 Å². The first kappa shape index (κ1) is 15.8. The minimum Gasteiger partial charge on any atom is -0.378 e. The van der Waals surface area contributed by atoms with Crippen LogP contribution in [0.1, 0.15) is 17.5 Å². The van der Waals surface area contributed by atoms with Crippen LogP contribution in [0, 0.1) is 19.8 Å². The van der Waals surface area contributed by atoms with E-state index in [0.29, 0.717) is 13.2 Å². The van der Waals surface area contributed by atoms with Crippen molar-refractivity contribution >= 4 is 32.6 Å². The van der Waals surface area contributed by atoms with Crippen LogP contribution in [0.25, 0.3) is 10.2 Å². The Morgan fingerprint density at radius 1 is 1.25 bits per heavy atom. The number of benzene rings is 1. The van der Waals surface area contributed by atoms with Crippen LogP contribution in [0.5, 0.6) is 0 Å². The zero-order chi connectivity index (χ0) is 16.7. The molecule has 0 aliphatic carbocycles. The van der Waals surface area contributed by atoms with Gasteiger partial charge in [-0.2, -0.15) is 0 Å². The molecule has 4 rings (SSSR count). The fraction of sp³-hybridized carbons (Fsp3) is 0.556. The number of aromatic nitrogens is 1. The summed E-state index contributed by atoms with van der Waals surface area (Å²) >= 11 is 1.74. The summed E-state index contributed by atoms with van der Waals surface area (Å²) in [4.78, 5) is 21.8. The Balaban J connectivity index is 1.50. The van der Waals surface area contributed by atoms with Gasteiger partial charge in [0.1, 0.15) is 0 Å². The molecule has 6 heteroatoms. The molecule has 3 heterocycles. The highest BCUT2D eigenvalue weighted by atomic mass is 32.1. The van der Waals surface area contributed by atoms with E-state index in [9.17, 15) is 4.79 Å². The number of aryl methyl sites for hydroxylation is 2. The van der Waals surface area contributed by atoms with Crippen molar-refractivity contribution in [3.8, 4) is 0 Å². The summed E-state index contributed by atoms with van der Waals surface area (Å²) in [6.07, 6.45) is 0.921. The first-order chi connectivity index (χ1) is 11.6. The van der Waals surface area contributed by atoms with Gasteiger partial charge < -0.3 is 14.5 Å². The Morgan fingerprint density at radius 2 is 2.04 bits per heavy atom. The molecule has 0 spiro atoms. The lowest BCUT2D eigenvalue weighted by Crippen LogP contribution is -2.44. The van der Waals surface area contributed by atoms with E-state index in [2.05, 4.69) is 30.9 Å². The van der Waals surface area contributed by atoms with Crippen molar-refractivity contribution in [2.75, 3.05) is 44.3 Å². The number of amides is 1. The van der Waals surface area contributed by atoms with Gasteiger partial charge in [-0.1, -0.05) is 17.4 Å². The van der Waals surface area contributed by atoms with Gasteiger partial charge in [-0.05, 0) is 37.5 Å². The van der Waals surface area contributed by atoms with Gasteiger partial charge in [0, 0.05) is 26.2 Å². The van der Waals surface area contributed by atoms with Gasteiger partial charge in [-0.25, -0.2) is 4.98 Å². The lowest BCUT2D eigenvalue weighted by Gasteiger charge is -2.29. The van der Waals surface area contributed by atoms with E-state index >= 15 is 0 Å². The summed E-state index contributed by atoms with van der Waals surface area (Å²) in [6, 6.07) is 4.39. The molecule has 1 unspecified atom stereocenters. The van der Waals surface area contributed by atoms with E-state index in [0.717, 1.165) is 43.2 Å². The van der Waals surface area contributed by atoms with Crippen molar-refractivity contribution in [2.45, 2.75) is 20.3 Å². The van der Waals surface area contributed by atoms with Crippen molar-refractivity contribution < 1.29 is 9.53 Å². The van der Waals surface area contributed by atoms with Crippen molar-refractivity contribution in [2.24, 2.45) is 5.92 Å². The number of hydrogen-bond donors (Lipinski definition) is 0. The Kier molecular flexibility index (Phi) is 4.18. The zero-order valence-corrected chi connectivity index (χ0v) is 15.1. The minimum atomic E-state index is 0.0953. The number of rotatable bonds is 2. The quantitative estimate of drug-likeness (QED) is 0.839. The molecular formula is C18H23N3O2S.